The van der Waals surface area contributed by atoms with Gasteiger partial charge in [-0.3, -0.25) is 4.79 Å². The lowest BCUT2D eigenvalue weighted by molar-refractivity contribution is -0.268. The Morgan fingerprint density at radius 1 is 0.838 bits per heavy atom. The Bertz CT molecular complexity index is 1220. The van der Waals surface area contributed by atoms with Crippen LogP contribution in [0.1, 0.15) is 61.1 Å². The van der Waals surface area contributed by atoms with Crippen molar-refractivity contribution in [3.8, 4) is 0 Å². The van der Waals surface area contributed by atoms with Gasteiger partial charge in [-0.2, -0.15) is 0 Å². The number of carboxylic acid groups (broad SMARTS) is 1. The molecule has 3 aromatic rings. The lowest BCUT2D eigenvalue weighted by atomic mass is 9.86. The Labute approximate surface area is 218 Å². The van der Waals surface area contributed by atoms with Crippen LogP contribution in [0.5, 0.6) is 0 Å². The smallest absolute Gasteiger partial charge is 0.309 e. The monoisotopic (exact) mass is 500 g/mol. The lowest BCUT2D eigenvalue weighted by Gasteiger charge is -2.40. The average Bonchev–Trinajstić information content (AvgIpc) is 2.95. The fourth-order valence-electron chi connectivity index (χ4n) is 5.64. The van der Waals surface area contributed by atoms with Crippen LogP contribution in [0.15, 0.2) is 66.7 Å². The highest BCUT2D eigenvalue weighted by molar-refractivity contribution is 5.82. The number of carbonyl (C=O) groups excluding carboxylic acids is 2. The molecule has 194 valence electrons. The van der Waals surface area contributed by atoms with Crippen molar-refractivity contribution in [2.75, 3.05) is 13.1 Å². The summed E-state index contributed by atoms with van der Waals surface area (Å²) < 4.78 is 11.9. The number of amides is 1. The molecule has 6 nitrogen and oxygen atoms in total. The number of hydrogen-bond donors (Lipinski definition) is 0. The van der Waals surface area contributed by atoms with Crippen molar-refractivity contribution >= 4 is 22.8 Å². The highest BCUT2D eigenvalue weighted by Crippen LogP contribution is 2.32. The highest BCUT2D eigenvalue weighted by atomic mass is 16.5. The fraction of sp³-hybridized carbons (Fsp3) is 0.419. The first-order valence-electron chi connectivity index (χ1n) is 13.4. The normalized spacial score (nSPS) is 20.6. The van der Waals surface area contributed by atoms with Crippen molar-refractivity contribution in [1.82, 2.24) is 4.90 Å². The van der Waals surface area contributed by atoms with Gasteiger partial charge in [-0.25, -0.2) is 0 Å². The van der Waals surface area contributed by atoms with Crippen molar-refractivity contribution in [1.29, 1.82) is 0 Å². The molecular weight excluding hydrogens is 466 g/mol. The minimum atomic E-state index is -1.16. The van der Waals surface area contributed by atoms with E-state index < -0.39 is 6.09 Å². The van der Waals surface area contributed by atoms with Gasteiger partial charge in [0.2, 0.25) is 0 Å². The zero-order valence-electron chi connectivity index (χ0n) is 21.1. The summed E-state index contributed by atoms with van der Waals surface area (Å²) in [5.74, 6) is 0.0259. The molecular formula is C31H34NO5-. The number of esters is 1. The van der Waals surface area contributed by atoms with Crippen LogP contribution in [0.2, 0.25) is 0 Å². The van der Waals surface area contributed by atoms with Gasteiger partial charge in [0.25, 0.3) is 0 Å². The first-order chi connectivity index (χ1) is 18.1. The summed E-state index contributed by atoms with van der Waals surface area (Å²) in [4.78, 5) is 25.3. The molecule has 2 atom stereocenters. The van der Waals surface area contributed by atoms with Crippen LogP contribution in [0.3, 0.4) is 0 Å². The molecule has 1 saturated carbocycles. The highest BCUT2D eigenvalue weighted by Gasteiger charge is 2.31. The van der Waals surface area contributed by atoms with Gasteiger partial charge >= 0.3 is 5.97 Å². The molecule has 1 aliphatic carbocycles. The van der Waals surface area contributed by atoms with E-state index in [0.29, 0.717) is 19.6 Å². The molecule has 2 aliphatic rings. The van der Waals surface area contributed by atoms with Crippen LogP contribution in [0, 0.1) is 5.92 Å². The van der Waals surface area contributed by atoms with Gasteiger partial charge in [0.1, 0.15) is 12.7 Å². The van der Waals surface area contributed by atoms with Gasteiger partial charge < -0.3 is 24.3 Å². The van der Waals surface area contributed by atoms with Gasteiger partial charge in [0, 0.05) is 19.0 Å². The number of carbonyl (C=O) groups is 2. The molecule has 0 spiro atoms. The molecule has 0 bridgehead atoms. The third kappa shape index (κ3) is 6.31. The van der Waals surface area contributed by atoms with Crippen LogP contribution in [0.4, 0.5) is 4.79 Å². The second-order valence-corrected chi connectivity index (χ2v) is 10.3. The van der Waals surface area contributed by atoms with E-state index in [9.17, 15) is 14.7 Å². The van der Waals surface area contributed by atoms with Gasteiger partial charge in [0.05, 0.1) is 18.6 Å². The topological polar surface area (TPSA) is 78.9 Å². The van der Waals surface area contributed by atoms with Crippen molar-refractivity contribution in [3.63, 3.8) is 0 Å². The number of nitrogens with zero attached hydrogens (tertiary/aromatic N) is 1. The van der Waals surface area contributed by atoms with E-state index in [0.717, 1.165) is 47.8 Å². The van der Waals surface area contributed by atoms with Gasteiger partial charge in [-0.05, 0) is 52.8 Å². The summed E-state index contributed by atoms with van der Waals surface area (Å²) in [5.41, 5.74) is 3.11. The molecule has 6 heteroatoms. The van der Waals surface area contributed by atoms with E-state index in [4.69, 9.17) is 9.47 Å². The third-order valence-electron chi connectivity index (χ3n) is 7.82. The number of likely N-dealkylation sites (tertiary alicyclic amines) is 1. The molecule has 3 aromatic carbocycles. The summed E-state index contributed by atoms with van der Waals surface area (Å²) in [5, 5.41) is 13.9. The molecule has 2 unspecified atom stereocenters. The maximum absolute atomic E-state index is 12.4. The Kier molecular flexibility index (Phi) is 8.05. The van der Waals surface area contributed by atoms with Crippen LogP contribution < -0.4 is 5.11 Å². The van der Waals surface area contributed by atoms with E-state index in [1.807, 2.05) is 24.3 Å². The zero-order valence-corrected chi connectivity index (χ0v) is 21.1. The number of benzene rings is 3. The van der Waals surface area contributed by atoms with E-state index in [2.05, 4.69) is 42.5 Å². The molecule has 1 aliphatic heterocycles. The number of ether oxygens (including phenoxy) is 2. The Hall–Kier alpha value is -3.38. The predicted molar refractivity (Wildman–Crippen MR) is 140 cm³/mol. The van der Waals surface area contributed by atoms with E-state index in [-0.39, 0.29) is 37.1 Å². The molecule has 1 heterocycles. The second kappa shape index (κ2) is 11.8. The van der Waals surface area contributed by atoms with Gasteiger partial charge in [-0.15, -0.1) is 0 Å². The fourth-order valence-corrected chi connectivity index (χ4v) is 5.64. The van der Waals surface area contributed by atoms with Gasteiger partial charge in [0.15, 0.2) is 0 Å². The standard InChI is InChI=1S/C31H35NO5/c33-30(26-7-2-1-3-8-26)37-20-22-10-14-25(15-11-22)28-16-17-32(31(34)35)19-29(28)36-21-23-12-13-24-6-4-5-9-27(24)18-23/h4-6,9-15,18,26,28-29H,1-3,7-8,16-17,19-21H2,(H,34,35)/p-1. The van der Waals surface area contributed by atoms with Crippen molar-refractivity contribution in [2.24, 2.45) is 5.92 Å². The molecule has 1 saturated heterocycles. The average molecular weight is 501 g/mol. The Balaban J connectivity index is 1.23. The Morgan fingerprint density at radius 2 is 1.57 bits per heavy atom. The first kappa shape index (κ1) is 25.3. The Morgan fingerprint density at radius 3 is 2.32 bits per heavy atom. The SMILES string of the molecule is O=C(OCc1ccc(C2CCN(C(=O)[O-])CC2OCc2ccc3ccccc3c2)cc1)C1CCCCC1. The minimum absolute atomic E-state index is 0.0439. The molecule has 0 aromatic heterocycles. The van der Waals surface area contributed by atoms with Crippen molar-refractivity contribution in [2.45, 2.75) is 63.8 Å². The zero-order chi connectivity index (χ0) is 25.6. The largest absolute Gasteiger partial charge is 0.530 e. The molecule has 1 amide bonds. The van der Waals surface area contributed by atoms with Crippen molar-refractivity contribution in [3.05, 3.63) is 83.4 Å². The van der Waals surface area contributed by atoms with Crippen molar-refractivity contribution < 1.29 is 24.2 Å². The van der Waals surface area contributed by atoms with Crippen LogP contribution in [0.25, 0.3) is 10.8 Å². The predicted octanol–water partition coefficient (Wildman–Crippen LogP) is 5.18. The van der Waals surface area contributed by atoms with Gasteiger partial charge in [-0.1, -0.05) is 79.9 Å². The van der Waals surface area contributed by atoms with Crippen LogP contribution in [-0.4, -0.2) is 36.2 Å². The number of piperidine rings is 1. The number of hydrogen-bond acceptors (Lipinski definition) is 5. The summed E-state index contributed by atoms with van der Waals surface area (Å²) in [6, 6.07) is 22.5. The minimum Gasteiger partial charge on any atom is -0.530 e. The molecule has 0 radical (unpaired) electrons. The maximum atomic E-state index is 12.4. The molecule has 2 fully saturated rings. The number of fused-ring (bicyclic) bond motifs is 1. The molecule has 5 rings (SSSR count). The van der Waals surface area contributed by atoms with E-state index in [1.54, 1.807) is 0 Å². The summed E-state index contributed by atoms with van der Waals surface area (Å²) in [6.07, 6.45) is 4.50. The summed E-state index contributed by atoms with van der Waals surface area (Å²) >= 11 is 0. The third-order valence-corrected chi connectivity index (χ3v) is 7.82. The molecule has 37 heavy (non-hydrogen) atoms. The maximum Gasteiger partial charge on any atom is 0.309 e. The summed E-state index contributed by atoms with van der Waals surface area (Å²) in [6.45, 7) is 1.38. The molecule has 0 N–H and O–H groups in total. The lowest BCUT2D eigenvalue weighted by Crippen LogP contribution is -2.51. The summed E-state index contributed by atoms with van der Waals surface area (Å²) in [7, 11) is 0. The van der Waals surface area contributed by atoms with Crippen LogP contribution in [-0.2, 0) is 27.5 Å². The van der Waals surface area contributed by atoms with Crippen LogP contribution >= 0.6 is 0 Å². The van der Waals surface area contributed by atoms with E-state index >= 15 is 0 Å². The van der Waals surface area contributed by atoms with E-state index in [1.165, 1.54) is 16.7 Å². The number of rotatable bonds is 7. The second-order valence-electron chi connectivity index (χ2n) is 10.3. The quantitative estimate of drug-likeness (QED) is 0.418. The first-order valence-corrected chi connectivity index (χ1v) is 13.4.